The quantitative estimate of drug-likeness (QED) is 0.766. The van der Waals surface area contributed by atoms with Gasteiger partial charge >= 0.3 is 0 Å². The average Bonchev–Trinajstić information content (AvgIpc) is 2.79. The lowest BCUT2D eigenvalue weighted by Crippen LogP contribution is -1.98. The lowest BCUT2D eigenvalue weighted by molar-refractivity contribution is 0.290. The van der Waals surface area contributed by atoms with Crippen molar-refractivity contribution < 1.29 is 9.84 Å². The molecular weight excluding hydrogens is 178 g/mol. The van der Waals surface area contributed by atoms with Gasteiger partial charge in [0.2, 0.25) is 5.88 Å². The molecule has 1 aliphatic carbocycles. The fourth-order valence-electron chi connectivity index (χ4n) is 0.846. The van der Waals surface area contributed by atoms with Crippen molar-refractivity contribution in [1.29, 1.82) is 0 Å². The van der Waals surface area contributed by atoms with Crippen molar-refractivity contribution in [1.82, 2.24) is 4.98 Å². The Morgan fingerprint density at radius 2 is 2.33 bits per heavy atom. The van der Waals surface area contributed by atoms with Crippen molar-refractivity contribution in [3.8, 4) is 11.6 Å². The zero-order valence-corrected chi connectivity index (χ0v) is 7.08. The number of hydrogen-bond acceptors (Lipinski definition) is 3. The summed E-state index contributed by atoms with van der Waals surface area (Å²) < 4.78 is 5.36. The van der Waals surface area contributed by atoms with Crippen LogP contribution in [0.25, 0.3) is 0 Å². The highest BCUT2D eigenvalue weighted by atomic mass is 35.5. The Labute approximate surface area is 75.0 Å². The molecule has 1 fully saturated rings. The van der Waals surface area contributed by atoms with Crippen molar-refractivity contribution in [2.24, 2.45) is 0 Å². The smallest absolute Gasteiger partial charge is 0.233 e. The summed E-state index contributed by atoms with van der Waals surface area (Å²) in [5.74, 6) is 0.472. The van der Waals surface area contributed by atoms with Gasteiger partial charge in [0, 0.05) is 6.07 Å². The van der Waals surface area contributed by atoms with E-state index in [0.717, 1.165) is 12.8 Å². The van der Waals surface area contributed by atoms with Crippen molar-refractivity contribution in [2.75, 3.05) is 0 Å². The Morgan fingerprint density at radius 3 is 2.92 bits per heavy atom. The summed E-state index contributed by atoms with van der Waals surface area (Å²) in [6, 6.07) is 1.42. The molecule has 3 nitrogen and oxygen atoms in total. The molecule has 1 N–H and O–H groups in total. The van der Waals surface area contributed by atoms with Crippen LogP contribution in [0, 0.1) is 0 Å². The van der Waals surface area contributed by atoms with Gasteiger partial charge in [-0.3, -0.25) is 0 Å². The van der Waals surface area contributed by atoms with Crippen LogP contribution in [-0.2, 0) is 0 Å². The Bertz CT molecular complexity index is 299. The molecule has 1 saturated carbocycles. The van der Waals surface area contributed by atoms with E-state index < -0.39 is 0 Å². The maximum atomic E-state index is 8.98. The Balaban J connectivity index is 2.18. The standard InChI is InChI=1S/C8H8ClNO2/c9-7-3-5(11)4-10-8(7)12-6-1-2-6/h3-4,6,11H,1-2H2. The number of halogens is 1. The van der Waals surface area contributed by atoms with Crippen LogP contribution in [0.2, 0.25) is 5.02 Å². The third kappa shape index (κ3) is 1.61. The van der Waals surface area contributed by atoms with Gasteiger partial charge in [0.15, 0.2) is 0 Å². The second-order valence-corrected chi connectivity index (χ2v) is 3.20. The number of hydrogen-bond donors (Lipinski definition) is 1. The molecule has 0 radical (unpaired) electrons. The van der Waals surface area contributed by atoms with E-state index in [-0.39, 0.29) is 11.9 Å². The van der Waals surface area contributed by atoms with Gasteiger partial charge in [0.05, 0.1) is 6.20 Å². The summed E-state index contributed by atoms with van der Waals surface area (Å²) in [7, 11) is 0. The molecule has 0 aliphatic heterocycles. The Kier molecular flexibility index (Phi) is 1.81. The van der Waals surface area contributed by atoms with Gasteiger partial charge in [-0.15, -0.1) is 0 Å². The second-order valence-electron chi connectivity index (χ2n) is 2.80. The Morgan fingerprint density at radius 1 is 1.58 bits per heavy atom. The van der Waals surface area contributed by atoms with Crippen molar-refractivity contribution in [2.45, 2.75) is 18.9 Å². The molecule has 12 heavy (non-hydrogen) atoms. The highest BCUT2D eigenvalue weighted by Crippen LogP contribution is 2.31. The molecule has 0 saturated heterocycles. The summed E-state index contributed by atoms with van der Waals surface area (Å²) in [5.41, 5.74) is 0. The number of pyridine rings is 1. The average molecular weight is 186 g/mol. The molecular formula is C8H8ClNO2. The van der Waals surface area contributed by atoms with Crippen LogP contribution in [0.5, 0.6) is 11.6 Å². The van der Waals surface area contributed by atoms with Crippen LogP contribution < -0.4 is 4.74 Å². The molecule has 64 valence electrons. The molecule has 1 aromatic heterocycles. The van der Waals surface area contributed by atoms with Crippen LogP contribution >= 0.6 is 11.6 Å². The first-order valence-corrected chi connectivity index (χ1v) is 4.14. The second kappa shape index (κ2) is 2.83. The summed E-state index contributed by atoms with van der Waals surface area (Å²) >= 11 is 5.75. The van der Waals surface area contributed by atoms with Gasteiger partial charge in [-0.05, 0) is 12.8 Å². The monoisotopic (exact) mass is 185 g/mol. The maximum absolute atomic E-state index is 8.98. The zero-order valence-electron chi connectivity index (χ0n) is 6.33. The lowest BCUT2D eigenvalue weighted by Gasteiger charge is -2.04. The van der Waals surface area contributed by atoms with Gasteiger partial charge < -0.3 is 9.84 Å². The molecule has 1 heterocycles. The van der Waals surface area contributed by atoms with E-state index in [4.69, 9.17) is 21.4 Å². The highest BCUT2D eigenvalue weighted by Gasteiger charge is 2.25. The SMILES string of the molecule is Oc1cnc(OC2CC2)c(Cl)c1. The topological polar surface area (TPSA) is 42.4 Å². The number of ether oxygens (including phenoxy) is 1. The van der Waals surface area contributed by atoms with Crippen LogP contribution in [0.3, 0.4) is 0 Å². The fraction of sp³-hybridized carbons (Fsp3) is 0.375. The number of aromatic hydroxyl groups is 1. The molecule has 1 aliphatic rings. The zero-order chi connectivity index (χ0) is 8.55. The highest BCUT2D eigenvalue weighted by molar-refractivity contribution is 6.31. The van der Waals surface area contributed by atoms with Gasteiger partial charge in [-0.2, -0.15) is 0 Å². The first kappa shape index (κ1) is 7.68. The third-order valence-electron chi connectivity index (χ3n) is 1.60. The minimum Gasteiger partial charge on any atom is -0.506 e. The van der Waals surface area contributed by atoms with Crippen LogP contribution in [0.4, 0.5) is 0 Å². The number of nitrogens with zero attached hydrogens (tertiary/aromatic N) is 1. The van der Waals surface area contributed by atoms with Gasteiger partial charge in [-0.25, -0.2) is 4.98 Å². The molecule has 0 amide bonds. The first-order chi connectivity index (χ1) is 5.75. The minimum absolute atomic E-state index is 0.0585. The largest absolute Gasteiger partial charge is 0.506 e. The summed E-state index contributed by atoms with van der Waals surface area (Å²) in [6.45, 7) is 0. The van der Waals surface area contributed by atoms with Crippen molar-refractivity contribution in [3.05, 3.63) is 17.3 Å². The summed E-state index contributed by atoms with van der Waals surface area (Å²) in [4.78, 5) is 3.85. The lowest BCUT2D eigenvalue weighted by atomic mass is 10.4. The number of rotatable bonds is 2. The fourth-order valence-corrected chi connectivity index (χ4v) is 1.05. The van der Waals surface area contributed by atoms with E-state index >= 15 is 0 Å². The molecule has 0 bridgehead atoms. The van der Waals surface area contributed by atoms with Crippen LogP contribution in [0.1, 0.15) is 12.8 Å². The minimum atomic E-state index is 0.0585. The number of aromatic nitrogens is 1. The molecule has 0 spiro atoms. The van der Waals surface area contributed by atoms with E-state index in [0.29, 0.717) is 10.9 Å². The summed E-state index contributed by atoms with van der Waals surface area (Å²) in [6.07, 6.45) is 3.74. The predicted molar refractivity (Wildman–Crippen MR) is 44.6 cm³/mol. The van der Waals surface area contributed by atoms with Gasteiger partial charge in [0.25, 0.3) is 0 Å². The molecule has 1 aromatic rings. The maximum Gasteiger partial charge on any atom is 0.233 e. The first-order valence-electron chi connectivity index (χ1n) is 3.77. The van der Waals surface area contributed by atoms with Crippen molar-refractivity contribution in [3.63, 3.8) is 0 Å². The van der Waals surface area contributed by atoms with E-state index in [1.807, 2.05) is 0 Å². The van der Waals surface area contributed by atoms with E-state index in [1.54, 1.807) is 0 Å². The van der Waals surface area contributed by atoms with Gasteiger partial charge in [-0.1, -0.05) is 11.6 Å². The van der Waals surface area contributed by atoms with Gasteiger partial charge in [0.1, 0.15) is 16.9 Å². The van der Waals surface area contributed by atoms with Crippen molar-refractivity contribution >= 4 is 11.6 Å². The molecule has 2 rings (SSSR count). The molecule has 0 aromatic carbocycles. The summed E-state index contributed by atoms with van der Waals surface area (Å²) in [5, 5.41) is 9.35. The normalized spacial score (nSPS) is 16.1. The molecule has 0 unspecified atom stereocenters. The molecule has 4 heteroatoms. The Hall–Kier alpha value is -0.960. The predicted octanol–water partition coefficient (Wildman–Crippen LogP) is 1.98. The van der Waals surface area contributed by atoms with E-state index in [9.17, 15) is 0 Å². The van der Waals surface area contributed by atoms with E-state index in [2.05, 4.69) is 4.98 Å². The van der Waals surface area contributed by atoms with Crippen LogP contribution in [-0.4, -0.2) is 16.2 Å². The van der Waals surface area contributed by atoms with E-state index in [1.165, 1.54) is 12.3 Å². The third-order valence-corrected chi connectivity index (χ3v) is 1.87. The van der Waals surface area contributed by atoms with Crippen LogP contribution in [0.15, 0.2) is 12.3 Å². The molecule has 0 atom stereocenters.